The molecule has 4 heterocycles. The van der Waals surface area contributed by atoms with E-state index in [1.807, 2.05) is 12.1 Å². The molecule has 1 aromatic carbocycles. The summed E-state index contributed by atoms with van der Waals surface area (Å²) in [5, 5.41) is 7.14. The fourth-order valence-corrected chi connectivity index (χ4v) is 4.30. The first-order valence-electron chi connectivity index (χ1n) is 11.3. The minimum atomic E-state index is -0.274. The Morgan fingerprint density at radius 2 is 2.09 bits per heavy atom. The van der Waals surface area contributed by atoms with Gasteiger partial charge >= 0.3 is 0 Å². The fourth-order valence-electron chi connectivity index (χ4n) is 4.30. The van der Waals surface area contributed by atoms with Crippen LogP contribution in [0.2, 0.25) is 0 Å². The molecular weight excluding hydrogens is 435 g/mol. The van der Waals surface area contributed by atoms with Gasteiger partial charge in [0.15, 0.2) is 0 Å². The first-order valence-corrected chi connectivity index (χ1v) is 11.3. The lowest BCUT2D eigenvalue weighted by Gasteiger charge is -2.26. The third-order valence-corrected chi connectivity index (χ3v) is 6.16. The summed E-state index contributed by atoms with van der Waals surface area (Å²) in [6.45, 7) is 0.215. The smallest absolute Gasteiger partial charge is 0.277 e. The number of hydrogen-bond acceptors (Lipinski definition) is 5. The number of aryl methyl sites for hydroxylation is 2. The molecular formula is C25H25FN6O2. The summed E-state index contributed by atoms with van der Waals surface area (Å²) in [5.74, 6) is -0.521. The Hall–Kier alpha value is -4.01. The normalized spacial score (nSPS) is 15.0. The average Bonchev–Trinajstić information content (AvgIpc) is 3.27. The number of carbonyl (C=O) groups is 1. The Bertz CT molecular complexity index is 1350. The molecule has 0 saturated heterocycles. The number of carbonyl (C=O) groups excluding carboxylic acids is 1. The van der Waals surface area contributed by atoms with Crippen LogP contribution in [-0.4, -0.2) is 31.5 Å². The van der Waals surface area contributed by atoms with Gasteiger partial charge in [0.05, 0.1) is 18.6 Å². The lowest BCUT2D eigenvalue weighted by Crippen LogP contribution is -2.37. The third-order valence-electron chi connectivity index (χ3n) is 6.16. The summed E-state index contributed by atoms with van der Waals surface area (Å²) in [7, 11) is 0. The zero-order valence-corrected chi connectivity index (χ0v) is 18.6. The number of nitrogens with one attached hydrogen (secondary N) is 3. The molecule has 5 rings (SSSR count). The van der Waals surface area contributed by atoms with E-state index in [0.29, 0.717) is 18.7 Å². The van der Waals surface area contributed by atoms with Crippen molar-refractivity contribution in [2.24, 2.45) is 0 Å². The van der Waals surface area contributed by atoms with Crippen molar-refractivity contribution in [2.75, 3.05) is 5.32 Å². The van der Waals surface area contributed by atoms with Crippen LogP contribution < -0.4 is 16.2 Å². The molecule has 9 heteroatoms. The summed E-state index contributed by atoms with van der Waals surface area (Å²) in [6.07, 6.45) is 8.08. The molecule has 0 saturated carbocycles. The van der Waals surface area contributed by atoms with E-state index < -0.39 is 0 Å². The van der Waals surface area contributed by atoms with Crippen LogP contribution in [-0.2, 0) is 30.7 Å². The second-order valence-corrected chi connectivity index (χ2v) is 8.58. The second-order valence-electron chi connectivity index (χ2n) is 8.58. The maximum absolute atomic E-state index is 13.1. The van der Waals surface area contributed by atoms with Crippen LogP contribution in [0.4, 0.5) is 10.1 Å². The van der Waals surface area contributed by atoms with Gasteiger partial charge in [-0.1, -0.05) is 12.1 Å². The summed E-state index contributed by atoms with van der Waals surface area (Å²) >= 11 is 0. The van der Waals surface area contributed by atoms with Gasteiger partial charge in [0, 0.05) is 35.0 Å². The van der Waals surface area contributed by atoms with Crippen molar-refractivity contribution < 1.29 is 9.18 Å². The van der Waals surface area contributed by atoms with Crippen molar-refractivity contribution in [3.8, 4) is 0 Å². The van der Waals surface area contributed by atoms with Crippen LogP contribution in [0.15, 0.2) is 59.9 Å². The fraction of sp³-hybridized carbons (Fsp3) is 0.280. The van der Waals surface area contributed by atoms with E-state index in [9.17, 15) is 14.0 Å². The van der Waals surface area contributed by atoms with E-state index >= 15 is 0 Å². The number of aromatic nitrogens is 4. The Balaban J connectivity index is 1.20. The van der Waals surface area contributed by atoms with Crippen LogP contribution in [0, 0.1) is 5.82 Å². The number of halogens is 1. The minimum Gasteiger partial charge on any atom is -0.376 e. The molecule has 1 aliphatic rings. The number of aromatic amines is 1. The van der Waals surface area contributed by atoms with Gasteiger partial charge in [0.25, 0.3) is 5.56 Å². The number of benzene rings is 1. The van der Waals surface area contributed by atoms with Crippen molar-refractivity contribution in [1.82, 2.24) is 24.8 Å². The number of amides is 1. The van der Waals surface area contributed by atoms with Crippen molar-refractivity contribution in [3.05, 3.63) is 88.2 Å². The molecule has 0 bridgehead atoms. The highest BCUT2D eigenvalue weighted by Crippen LogP contribution is 2.22. The van der Waals surface area contributed by atoms with Crippen LogP contribution in [0.1, 0.15) is 29.8 Å². The summed E-state index contributed by atoms with van der Waals surface area (Å²) < 4.78 is 14.4. The molecule has 8 nitrogen and oxygen atoms in total. The first kappa shape index (κ1) is 21.8. The highest BCUT2D eigenvalue weighted by atomic mass is 19.1. The van der Waals surface area contributed by atoms with E-state index in [4.69, 9.17) is 0 Å². The highest BCUT2D eigenvalue weighted by Gasteiger charge is 2.22. The summed E-state index contributed by atoms with van der Waals surface area (Å²) in [5.41, 5.74) is 3.82. The molecule has 1 aliphatic heterocycles. The SMILES string of the molecule is O=C(Cn1cnc2c(c1=O)N[C@H](CCc1ccc(F)cc1)CC2)NCc1cc2cnccc2[nH]1. The molecule has 0 radical (unpaired) electrons. The first-order chi connectivity index (χ1) is 16.5. The topological polar surface area (TPSA) is 105 Å². The zero-order chi connectivity index (χ0) is 23.5. The predicted molar refractivity (Wildman–Crippen MR) is 127 cm³/mol. The Morgan fingerprint density at radius 3 is 2.91 bits per heavy atom. The molecule has 1 amide bonds. The lowest BCUT2D eigenvalue weighted by atomic mass is 9.97. The number of rotatable bonds is 7. The van der Waals surface area contributed by atoms with Gasteiger partial charge in [-0.05, 0) is 55.5 Å². The van der Waals surface area contributed by atoms with E-state index in [1.54, 1.807) is 24.5 Å². The molecule has 1 atom stereocenters. The molecule has 4 aromatic rings. The van der Waals surface area contributed by atoms with Gasteiger partial charge in [-0.3, -0.25) is 19.1 Å². The van der Waals surface area contributed by atoms with Gasteiger partial charge < -0.3 is 15.6 Å². The Labute approximate surface area is 195 Å². The molecule has 34 heavy (non-hydrogen) atoms. The summed E-state index contributed by atoms with van der Waals surface area (Å²) in [6, 6.07) is 10.4. The van der Waals surface area contributed by atoms with Gasteiger partial charge in [-0.2, -0.15) is 0 Å². The van der Waals surface area contributed by atoms with Gasteiger partial charge in [-0.25, -0.2) is 9.37 Å². The maximum Gasteiger partial charge on any atom is 0.277 e. The number of anilines is 1. The van der Waals surface area contributed by atoms with Crippen molar-refractivity contribution in [2.45, 2.75) is 44.8 Å². The van der Waals surface area contributed by atoms with Crippen LogP contribution in [0.3, 0.4) is 0 Å². The molecule has 174 valence electrons. The highest BCUT2D eigenvalue weighted by molar-refractivity contribution is 5.79. The van der Waals surface area contributed by atoms with Gasteiger partial charge in [0.1, 0.15) is 18.0 Å². The number of nitrogens with zero attached hydrogens (tertiary/aromatic N) is 3. The molecule has 0 aliphatic carbocycles. The number of pyridine rings is 1. The maximum atomic E-state index is 13.1. The molecule has 0 spiro atoms. The van der Waals surface area contributed by atoms with Gasteiger partial charge in [-0.15, -0.1) is 0 Å². The van der Waals surface area contributed by atoms with E-state index in [-0.39, 0.29) is 29.9 Å². The van der Waals surface area contributed by atoms with Crippen molar-refractivity contribution in [3.63, 3.8) is 0 Å². The van der Waals surface area contributed by atoms with E-state index in [2.05, 4.69) is 25.6 Å². The van der Waals surface area contributed by atoms with Crippen LogP contribution >= 0.6 is 0 Å². The minimum absolute atomic E-state index is 0.108. The monoisotopic (exact) mass is 460 g/mol. The van der Waals surface area contributed by atoms with Crippen molar-refractivity contribution >= 4 is 22.5 Å². The van der Waals surface area contributed by atoms with Crippen LogP contribution in [0.25, 0.3) is 10.9 Å². The number of H-pyrrole nitrogens is 1. The zero-order valence-electron chi connectivity index (χ0n) is 18.6. The lowest BCUT2D eigenvalue weighted by molar-refractivity contribution is -0.121. The standard InChI is InChI=1S/C25H25FN6O2/c26-18-4-1-16(2-5-18)3-6-19-7-8-22-24(31-19)25(34)32(15-29-22)14-23(33)28-13-20-11-17-12-27-10-9-21(17)30-20/h1-2,4-5,9-12,15,19,30-31H,3,6-8,13-14H2,(H,28,33)/t19-/m1/s1. The molecule has 0 fully saturated rings. The van der Waals surface area contributed by atoms with E-state index in [1.165, 1.54) is 23.0 Å². The molecule has 3 aromatic heterocycles. The van der Waals surface area contributed by atoms with Gasteiger partial charge in [0.2, 0.25) is 5.91 Å². The Kier molecular flexibility index (Phi) is 6.07. The summed E-state index contributed by atoms with van der Waals surface area (Å²) in [4.78, 5) is 37.2. The second kappa shape index (κ2) is 9.46. The number of fused-ring (bicyclic) bond motifs is 2. The Morgan fingerprint density at radius 1 is 1.24 bits per heavy atom. The molecule has 0 unspecified atom stereocenters. The molecule has 3 N–H and O–H groups in total. The van der Waals surface area contributed by atoms with Crippen molar-refractivity contribution in [1.29, 1.82) is 0 Å². The quantitative estimate of drug-likeness (QED) is 0.393. The third kappa shape index (κ3) is 4.83. The van der Waals surface area contributed by atoms with Crippen LogP contribution in [0.5, 0.6) is 0 Å². The number of hydrogen-bond donors (Lipinski definition) is 3. The average molecular weight is 461 g/mol. The van der Waals surface area contributed by atoms with E-state index in [0.717, 1.165) is 47.1 Å². The predicted octanol–water partition coefficient (Wildman–Crippen LogP) is 2.93. The largest absolute Gasteiger partial charge is 0.376 e.